The normalized spacial score (nSPS) is 14.7. The van der Waals surface area contributed by atoms with E-state index in [1.54, 1.807) is 6.20 Å². The van der Waals surface area contributed by atoms with Gasteiger partial charge in [0.2, 0.25) is 5.88 Å². The van der Waals surface area contributed by atoms with Gasteiger partial charge in [0.25, 0.3) is 0 Å². The highest BCUT2D eigenvalue weighted by molar-refractivity contribution is 6.27. The predicted molar refractivity (Wildman–Crippen MR) is 75.3 cm³/mol. The van der Waals surface area contributed by atoms with Gasteiger partial charge in [-0.05, 0) is 18.9 Å². The SMILES string of the molecule is NCc1cccnc1OC1CCC(=O)CC1.O=C(O)C(=O)O. The van der Waals surface area contributed by atoms with Gasteiger partial charge in [-0.1, -0.05) is 6.07 Å². The topological polar surface area (TPSA) is 140 Å². The summed E-state index contributed by atoms with van der Waals surface area (Å²) in [5.74, 6) is -2.70. The smallest absolute Gasteiger partial charge is 0.414 e. The molecule has 1 aliphatic rings. The van der Waals surface area contributed by atoms with Gasteiger partial charge in [-0.15, -0.1) is 0 Å². The number of nitrogens with two attached hydrogens (primary N) is 1. The van der Waals surface area contributed by atoms with Gasteiger partial charge in [-0.2, -0.15) is 0 Å². The summed E-state index contributed by atoms with van der Waals surface area (Å²) in [6.45, 7) is 0.425. The zero-order valence-corrected chi connectivity index (χ0v) is 11.9. The molecule has 0 amide bonds. The van der Waals surface area contributed by atoms with Crippen molar-refractivity contribution in [2.24, 2.45) is 5.73 Å². The minimum atomic E-state index is -1.82. The minimum Gasteiger partial charge on any atom is -0.474 e. The molecule has 1 saturated carbocycles. The maximum atomic E-state index is 11.1. The highest BCUT2D eigenvalue weighted by Crippen LogP contribution is 2.22. The van der Waals surface area contributed by atoms with Crippen molar-refractivity contribution in [3.8, 4) is 5.88 Å². The van der Waals surface area contributed by atoms with Crippen LogP contribution in [0.1, 0.15) is 31.2 Å². The molecule has 22 heavy (non-hydrogen) atoms. The number of aliphatic carboxylic acids is 2. The highest BCUT2D eigenvalue weighted by atomic mass is 16.5. The number of ether oxygens (including phenoxy) is 1. The fourth-order valence-corrected chi connectivity index (χ4v) is 1.87. The molecule has 1 aliphatic carbocycles. The molecule has 1 aromatic heterocycles. The largest absolute Gasteiger partial charge is 0.474 e. The van der Waals surface area contributed by atoms with Gasteiger partial charge >= 0.3 is 11.9 Å². The van der Waals surface area contributed by atoms with Gasteiger partial charge in [0, 0.05) is 31.1 Å². The van der Waals surface area contributed by atoms with Gasteiger partial charge in [0.05, 0.1) is 0 Å². The molecule has 0 aliphatic heterocycles. The van der Waals surface area contributed by atoms with Crippen molar-refractivity contribution < 1.29 is 29.3 Å². The number of hydrogen-bond acceptors (Lipinski definition) is 6. The lowest BCUT2D eigenvalue weighted by Gasteiger charge is -2.22. The van der Waals surface area contributed by atoms with E-state index in [9.17, 15) is 4.79 Å². The first-order chi connectivity index (χ1) is 10.4. The van der Waals surface area contributed by atoms with Crippen molar-refractivity contribution >= 4 is 17.7 Å². The number of carbonyl (C=O) groups excluding carboxylic acids is 1. The van der Waals surface area contributed by atoms with Crippen molar-refractivity contribution in [1.29, 1.82) is 0 Å². The van der Waals surface area contributed by atoms with Crippen LogP contribution in [0.3, 0.4) is 0 Å². The third kappa shape index (κ3) is 5.88. The number of rotatable bonds is 3. The molecular weight excluding hydrogens is 292 g/mol. The Morgan fingerprint density at radius 1 is 1.27 bits per heavy atom. The van der Waals surface area contributed by atoms with Crippen LogP contribution >= 0.6 is 0 Å². The summed E-state index contributed by atoms with van der Waals surface area (Å²) in [5, 5.41) is 14.8. The standard InChI is InChI=1S/C12H16N2O2.C2H2O4/c13-8-9-2-1-7-14-12(9)16-11-5-3-10(15)4-6-11;3-1(4)2(5)6/h1-2,7,11H,3-6,8,13H2;(H,3,4)(H,5,6). The van der Waals surface area contributed by atoms with E-state index in [1.165, 1.54) is 0 Å². The zero-order chi connectivity index (χ0) is 16.5. The molecule has 0 spiro atoms. The van der Waals surface area contributed by atoms with Crippen molar-refractivity contribution in [2.45, 2.75) is 38.3 Å². The van der Waals surface area contributed by atoms with E-state index < -0.39 is 11.9 Å². The van der Waals surface area contributed by atoms with E-state index >= 15 is 0 Å². The number of aromatic nitrogens is 1. The summed E-state index contributed by atoms with van der Waals surface area (Å²) in [7, 11) is 0. The van der Waals surface area contributed by atoms with Gasteiger partial charge < -0.3 is 20.7 Å². The molecule has 0 atom stereocenters. The summed E-state index contributed by atoms with van der Waals surface area (Å²) < 4.78 is 5.78. The summed E-state index contributed by atoms with van der Waals surface area (Å²) in [6.07, 6.45) is 4.63. The van der Waals surface area contributed by atoms with Crippen LogP contribution in [-0.4, -0.2) is 39.0 Å². The van der Waals surface area contributed by atoms with Crippen molar-refractivity contribution in [3.05, 3.63) is 23.9 Å². The molecule has 0 aromatic carbocycles. The molecule has 8 nitrogen and oxygen atoms in total. The average molecular weight is 310 g/mol. The van der Waals surface area contributed by atoms with Gasteiger partial charge in [-0.3, -0.25) is 4.79 Å². The highest BCUT2D eigenvalue weighted by Gasteiger charge is 2.21. The third-order valence-electron chi connectivity index (χ3n) is 3.02. The fraction of sp³-hybridized carbons (Fsp3) is 0.429. The molecular formula is C14H18N2O6. The van der Waals surface area contributed by atoms with Crippen molar-refractivity contribution in [3.63, 3.8) is 0 Å². The van der Waals surface area contributed by atoms with Crippen LogP contribution in [0.5, 0.6) is 5.88 Å². The second-order valence-corrected chi connectivity index (χ2v) is 4.64. The maximum absolute atomic E-state index is 11.1. The summed E-state index contributed by atoms with van der Waals surface area (Å²) in [5.41, 5.74) is 6.52. The van der Waals surface area contributed by atoms with Crippen LogP contribution in [0.2, 0.25) is 0 Å². The summed E-state index contributed by atoms with van der Waals surface area (Å²) >= 11 is 0. The Balaban J connectivity index is 0.000000346. The Morgan fingerprint density at radius 3 is 2.36 bits per heavy atom. The molecule has 4 N–H and O–H groups in total. The molecule has 1 heterocycles. The van der Waals surface area contributed by atoms with Crippen LogP contribution < -0.4 is 10.5 Å². The number of carboxylic acids is 2. The first-order valence-electron chi connectivity index (χ1n) is 6.72. The second-order valence-electron chi connectivity index (χ2n) is 4.64. The number of carboxylic acid groups (broad SMARTS) is 2. The van der Waals surface area contributed by atoms with Crippen LogP contribution in [0.15, 0.2) is 18.3 Å². The molecule has 0 unspecified atom stereocenters. The van der Waals surface area contributed by atoms with E-state index in [0.29, 0.717) is 31.0 Å². The van der Waals surface area contributed by atoms with Gasteiger partial charge in [0.15, 0.2) is 0 Å². The minimum absolute atomic E-state index is 0.109. The number of carbonyl (C=O) groups is 3. The molecule has 0 saturated heterocycles. The zero-order valence-electron chi connectivity index (χ0n) is 11.9. The van der Waals surface area contributed by atoms with Crippen LogP contribution in [0.4, 0.5) is 0 Å². The van der Waals surface area contributed by atoms with Gasteiger partial charge in [-0.25, -0.2) is 14.6 Å². The number of Topliss-reactive ketones (excluding diaryl/α,β-unsaturated/α-hetero) is 1. The lowest BCUT2D eigenvalue weighted by Crippen LogP contribution is -2.25. The number of pyridine rings is 1. The Morgan fingerprint density at radius 2 is 1.86 bits per heavy atom. The van der Waals surface area contributed by atoms with Crippen molar-refractivity contribution in [2.75, 3.05) is 0 Å². The summed E-state index contributed by atoms with van der Waals surface area (Å²) in [6, 6.07) is 3.76. The van der Waals surface area contributed by atoms with E-state index in [-0.39, 0.29) is 6.10 Å². The van der Waals surface area contributed by atoms with Crippen LogP contribution in [0.25, 0.3) is 0 Å². The molecule has 0 radical (unpaired) electrons. The quantitative estimate of drug-likeness (QED) is 0.689. The van der Waals surface area contributed by atoms with Gasteiger partial charge in [0.1, 0.15) is 11.9 Å². The van der Waals surface area contributed by atoms with Crippen molar-refractivity contribution in [1.82, 2.24) is 4.98 Å². The van der Waals surface area contributed by atoms with E-state index in [1.807, 2.05) is 12.1 Å². The maximum Gasteiger partial charge on any atom is 0.414 e. The van der Waals surface area contributed by atoms with E-state index in [2.05, 4.69) is 4.98 Å². The Kier molecular flexibility index (Phi) is 6.97. The molecule has 1 fully saturated rings. The Hall–Kier alpha value is -2.48. The average Bonchev–Trinajstić information content (AvgIpc) is 2.50. The summed E-state index contributed by atoms with van der Waals surface area (Å²) in [4.78, 5) is 33.5. The molecule has 0 bridgehead atoms. The van der Waals surface area contributed by atoms with E-state index in [4.69, 9.17) is 30.3 Å². The second kappa shape index (κ2) is 8.73. The van der Waals surface area contributed by atoms with E-state index in [0.717, 1.165) is 18.4 Å². The number of hydrogen-bond donors (Lipinski definition) is 3. The molecule has 2 rings (SSSR count). The Labute approximate surface area is 126 Å². The Bertz CT molecular complexity index is 524. The number of ketones is 1. The fourth-order valence-electron chi connectivity index (χ4n) is 1.87. The molecule has 8 heteroatoms. The third-order valence-corrected chi connectivity index (χ3v) is 3.02. The lowest BCUT2D eigenvalue weighted by atomic mass is 9.96. The monoisotopic (exact) mass is 310 g/mol. The van der Waals surface area contributed by atoms with Crippen LogP contribution in [-0.2, 0) is 20.9 Å². The lowest BCUT2D eigenvalue weighted by molar-refractivity contribution is -0.159. The number of nitrogens with zero attached hydrogens (tertiary/aromatic N) is 1. The first kappa shape index (κ1) is 17.6. The molecule has 120 valence electrons. The van der Waals surface area contributed by atoms with Crippen LogP contribution in [0, 0.1) is 0 Å². The molecule has 1 aromatic rings. The predicted octanol–water partition coefficient (Wildman–Crippen LogP) is 0.586. The first-order valence-corrected chi connectivity index (χ1v) is 6.72.